The lowest BCUT2D eigenvalue weighted by Crippen LogP contribution is -2.41. The Morgan fingerprint density at radius 1 is 1.03 bits per heavy atom. The zero-order valence-corrected chi connectivity index (χ0v) is 21.1. The van der Waals surface area contributed by atoms with Gasteiger partial charge in [-0.1, -0.05) is 18.2 Å². The van der Waals surface area contributed by atoms with Crippen LogP contribution in [0.4, 0.5) is 4.39 Å². The van der Waals surface area contributed by atoms with E-state index >= 15 is 0 Å². The first-order chi connectivity index (χ1) is 18.4. The second-order valence-electron chi connectivity index (χ2n) is 9.24. The maximum Gasteiger partial charge on any atom is 0.255 e. The number of nitrogens with zero attached hydrogens (tertiary/aromatic N) is 1. The van der Waals surface area contributed by atoms with Gasteiger partial charge in [-0.2, -0.15) is 0 Å². The van der Waals surface area contributed by atoms with Gasteiger partial charge in [-0.15, -0.1) is 0 Å². The lowest BCUT2D eigenvalue weighted by atomic mass is 9.98. The third kappa shape index (κ3) is 4.70. The van der Waals surface area contributed by atoms with Gasteiger partial charge in [-0.3, -0.25) is 14.4 Å². The summed E-state index contributed by atoms with van der Waals surface area (Å²) in [7, 11) is 3.01. The highest BCUT2D eigenvalue weighted by Gasteiger charge is 2.34. The topological polar surface area (TPSA) is 88.9 Å². The van der Waals surface area contributed by atoms with E-state index in [4.69, 9.17) is 9.15 Å². The molecule has 7 nitrogen and oxygen atoms in total. The molecule has 3 aromatic carbocycles. The molecule has 2 amide bonds. The Kier molecular flexibility index (Phi) is 7.07. The molecule has 0 bridgehead atoms. The van der Waals surface area contributed by atoms with Gasteiger partial charge in [-0.25, -0.2) is 4.39 Å². The van der Waals surface area contributed by atoms with E-state index < -0.39 is 6.04 Å². The molecule has 2 heterocycles. The first-order valence-corrected chi connectivity index (χ1v) is 12.4. The number of methoxy groups -OCH3 is 1. The summed E-state index contributed by atoms with van der Waals surface area (Å²) in [6.45, 7) is 0.499. The number of nitrogens with one attached hydrogen (secondary N) is 1. The number of Topliss-reactive ketones (excluding diaryl/α,β-unsaturated/α-hetero) is 1. The number of fused-ring (bicyclic) bond motifs is 1. The van der Waals surface area contributed by atoms with Crippen LogP contribution in [-0.2, 0) is 9.53 Å². The summed E-state index contributed by atoms with van der Waals surface area (Å²) in [4.78, 5) is 40.3. The fraction of sp³-hybridized carbons (Fsp3) is 0.233. The number of furan rings is 1. The molecule has 1 saturated heterocycles. The lowest BCUT2D eigenvalue weighted by Gasteiger charge is -2.23. The smallest absolute Gasteiger partial charge is 0.255 e. The van der Waals surface area contributed by atoms with Gasteiger partial charge in [0.05, 0.1) is 11.6 Å². The van der Waals surface area contributed by atoms with Crippen LogP contribution in [0, 0.1) is 5.82 Å². The van der Waals surface area contributed by atoms with Crippen molar-refractivity contribution in [2.75, 3.05) is 27.3 Å². The van der Waals surface area contributed by atoms with Crippen LogP contribution in [0.3, 0.4) is 0 Å². The number of halogens is 1. The average Bonchev–Trinajstić information content (AvgIpc) is 3.58. The molecule has 1 aliphatic rings. The largest absolute Gasteiger partial charge is 0.455 e. The normalized spacial score (nSPS) is 15.1. The van der Waals surface area contributed by atoms with E-state index in [1.165, 1.54) is 26.3 Å². The first kappa shape index (κ1) is 25.4. The molecule has 0 radical (unpaired) electrons. The zero-order valence-electron chi connectivity index (χ0n) is 21.1. The van der Waals surface area contributed by atoms with Gasteiger partial charge >= 0.3 is 0 Å². The second kappa shape index (κ2) is 10.6. The highest BCUT2D eigenvalue weighted by molar-refractivity contribution is 6.12. The SMILES string of the molecule is CNC(=O)c1c(-c2ccc(F)cc2)oc2ccc(-c3cccc(C(=O)N4CCC[C@H]4C(=O)COC)c3)cc12. The average molecular weight is 515 g/mol. The molecule has 1 atom stereocenters. The Bertz CT molecular complexity index is 1530. The van der Waals surface area contributed by atoms with Gasteiger partial charge in [0.1, 0.15) is 23.8 Å². The van der Waals surface area contributed by atoms with Crippen LogP contribution in [0.1, 0.15) is 33.6 Å². The molecule has 1 fully saturated rings. The minimum absolute atomic E-state index is 0.0211. The summed E-state index contributed by atoms with van der Waals surface area (Å²) in [5.41, 5.74) is 3.49. The Labute approximate surface area is 219 Å². The highest BCUT2D eigenvalue weighted by Crippen LogP contribution is 2.36. The summed E-state index contributed by atoms with van der Waals surface area (Å²) < 4.78 is 24.5. The van der Waals surface area contributed by atoms with Crippen molar-refractivity contribution in [3.8, 4) is 22.5 Å². The van der Waals surface area contributed by atoms with Crippen LogP contribution < -0.4 is 5.32 Å². The number of hydrogen-bond acceptors (Lipinski definition) is 5. The Morgan fingerprint density at radius 3 is 2.50 bits per heavy atom. The van der Waals surface area contributed by atoms with E-state index in [9.17, 15) is 18.8 Å². The molecule has 8 heteroatoms. The number of rotatable bonds is 7. The third-order valence-electron chi connectivity index (χ3n) is 6.86. The molecule has 1 N–H and O–H groups in total. The van der Waals surface area contributed by atoms with Crippen LogP contribution in [0.5, 0.6) is 0 Å². The van der Waals surface area contributed by atoms with Crippen molar-refractivity contribution in [1.29, 1.82) is 0 Å². The number of benzene rings is 3. The molecule has 0 unspecified atom stereocenters. The highest BCUT2D eigenvalue weighted by atomic mass is 19.1. The number of ether oxygens (including phenoxy) is 1. The zero-order chi connectivity index (χ0) is 26.8. The Morgan fingerprint density at radius 2 is 1.76 bits per heavy atom. The molecular weight excluding hydrogens is 487 g/mol. The number of amides is 2. The summed E-state index contributed by atoms with van der Waals surface area (Å²) in [5, 5.41) is 3.26. The van der Waals surface area contributed by atoms with Crippen molar-refractivity contribution >= 4 is 28.6 Å². The van der Waals surface area contributed by atoms with Crippen LogP contribution >= 0.6 is 0 Å². The fourth-order valence-electron chi connectivity index (χ4n) is 5.01. The van der Waals surface area contributed by atoms with Gasteiger partial charge in [0, 0.05) is 37.2 Å². The van der Waals surface area contributed by atoms with E-state index in [1.54, 1.807) is 41.3 Å². The summed E-state index contributed by atoms with van der Waals surface area (Å²) in [6, 6.07) is 18.0. The minimum Gasteiger partial charge on any atom is -0.455 e. The van der Waals surface area contributed by atoms with Crippen molar-refractivity contribution in [3.05, 3.63) is 83.7 Å². The molecule has 0 saturated carbocycles. The van der Waals surface area contributed by atoms with E-state index in [2.05, 4.69) is 5.32 Å². The quantitative estimate of drug-likeness (QED) is 0.371. The maximum absolute atomic E-state index is 13.5. The predicted molar refractivity (Wildman–Crippen MR) is 141 cm³/mol. The summed E-state index contributed by atoms with van der Waals surface area (Å²) in [5.74, 6) is -0.663. The van der Waals surface area contributed by atoms with E-state index in [1.807, 2.05) is 18.2 Å². The molecule has 1 aliphatic heterocycles. The summed E-state index contributed by atoms with van der Waals surface area (Å²) in [6.07, 6.45) is 1.39. The van der Waals surface area contributed by atoms with E-state index in [-0.39, 0.29) is 30.0 Å². The molecule has 0 aliphatic carbocycles. The molecule has 194 valence electrons. The van der Waals surface area contributed by atoms with Gasteiger partial charge in [0.25, 0.3) is 11.8 Å². The van der Waals surface area contributed by atoms with E-state index in [0.717, 1.165) is 17.5 Å². The third-order valence-corrected chi connectivity index (χ3v) is 6.86. The van der Waals surface area contributed by atoms with Crippen molar-refractivity contribution < 1.29 is 27.9 Å². The molecule has 0 spiro atoms. The molecular formula is C30H27FN2O5. The monoisotopic (exact) mass is 514 g/mol. The van der Waals surface area contributed by atoms with Crippen molar-refractivity contribution in [1.82, 2.24) is 10.2 Å². The standard InChI is InChI=1S/C30H27FN2O5/c1-32-29(35)27-23-16-20(10-13-26(23)38-28(27)18-8-11-22(31)12-9-18)19-5-3-6-21(15-19)30(36)33-14-4-7-24(33)25(34)17-37-2/h3,5-6,8-13,15-16,24H,4,7,14,17H2,1-2H3,(H,32,35)/t24-/m0/s1. The fourth-order valence-corrected chi connectivity index (χ4v) is 5.01. The van der Waals surface area contributed by atoms with Crippen LogP contribution in [0.25, 0.3) is 33.4 Å². The molecule has 1 aromatic heterocycles. The molecule has 5 rings (SSSR count). The minimum atomic E-state index is -0.478. The molecule has 38 heavy (non-hydrogen) atoms. The van der Waals surface area contributed by atoms with Crippen molar-refractivity contribution in [2.45, 2.75) is 18.9 Å². The Balaban J connectivity index is 1.52. The van der Waals surface area contributed by atoms with Crippen LogP contribution in [0.15, 0.2) is 71.1 Å². The van der Waals surface area contributed by atoms with Gasteiger partial charge in [0.15, 0.2) is 5.78 Å². The predicted octanol–water partition coefficient (Wildman–Crippen LogP) is 5.09. The van der Waals surface area contributed by atoms with Crippen molar-refractivity contribution in [2.24, 2.45) is 0 Å². The first-order valence-electron chi connectivity index (χ1n) is 12.4. The number of likely N-dealkylation sites (tertiary alicyclic amines) is 1. The lowest BCUT2D eigenvalue weighted by molar-refractivity contribution is -0.126. The number of hydrogen-bond donors (Lipinski definition) is 1. The number of carbonyl (C=O) groups is 3. The maximum atomic E-state index is 13.5. The van der Waals surface area contributed by atoms with E-state index in [0.29, 0.717) is 46.4 Å². The Hall–Kier alpha value is -4.30. The van der Waals surface area contributed by atoms with Crippen molar-refractivity contribution in [3.63, 3.8) is 0 Å². The van der Waals surface area contributed by atoms with Crippen LogP contribution in [0.2, 0.25) is 0 Å². The number of ketones is 1. The number of carbonyl (C=O) groups excluding carboxylic acids is 3. The van der Waals surface area contributed by atoms with Crippen LogP contribution in [-0.4, -0.2) is 55.8 Å². The second-order valence-corrected chi connectivity index (χ2v) is 9.24. The van der Waals surface area contributed by atoms with Gasteiger partial charge in [0.2, 0.25) is 0 Å². The van der Waals surface area contributed by atoms with Gasteiger partial charge in [-0.05, 0) is 72.5 Å². The van der Waals surface area contributed by atoms with Gasteiger partial charge < -0.3 is 19.4 Å². The summed E-state index contributed by atoms with van der Waals surface area (Å²) >= 11 is 0. The molecule has 4 aromatic rings.